The number of carbonyl (C=O) groups is 1. The van der Waals surface area contributed by atoms with Gasteiger partial charge in [-0.2, -0.15) is 0 Å². The van der Waals surface area contributed by atoms with Crippen LogP contribution in [0.25, 0.3) is 5.57 Å². The number of rotatable bonds is 6. The fourth-order valence-corrected chi connectivity index (χ4v) is 5.42. The van der Waals surface area contributed by atoms with Crippen LogP contribution in [0.15, 0.2) is 72.2 Å². The van der Waals surface area contributed by atoms with E-state index < -0.39 is 0 Å². The molecule has 1 aromatic carbocycles. The van der Waals surface area contributed by atoms with E-state index in [1.807, 2.05) is 48.7 Å². The summed E-state index contributed by atoms with van der Waals surface area (Å²) in [6.07, 6.45) is 18.9. The summed E-state index contributed by atoms with van der Waals surface area (Å²) in [5, 5.41) is 0. The van der Waals surface area contributed by atoms with Gasteiger partial charge in [-0.05, 0) is 86.2 Å². The highest BCUT2D eigenvalue weighted by atomic mass is 16.5. The lowest BCUT2D eigenvalue weighted by Crippen LogP contribution is -2.38. The van der Waals surface area contributed by atoms with Crippen molar-refractivity contribution in [3.63, 3.8) is 0 Å². The van der Waals surface area contributed by atoms with Crippen LogP contribution in [-0.4, -0.2) is 67.6 Å². The van der Waals surface area contributed by atoms with Gasteiger partial charge in [0.05, 0.1) is 19.9 Å². The average Bonchev–Trinajstić information content (AvgIpc) is 3.40. The van der Waals surface area contributed by atoms with Gasteiger partial charge in [-0.1, -0.05) is 18.2 Å². The summed E-state index contributed by atoms with van der Waals surface area (Å²) in [4.78, 5) is 20.2. The first-order valence-electron chi connectivity index (χ1n) is 12.7. The van der Waals surface area contributed by atoms with E-state index in [0.717, 1.165) is 41.5 Å². The van der Waals surface area contributed by atoms with E-state index in [1.165, 1.54) is 45.3 Å². The molecule has 0 bridgehead atoms. The third-order valence-corrected chi connectivity index (χ3v) is 7.44. The Balaban J connectivity index is 1.30. The lowest BCUT2D eigenvalue weighted by atomic mass is 9.95. The number of carbonyl (C=O) groups excluding carboxylic acids is 1. The van der Waals surface area contributed by atoms with Gasteiger partial charge in [-0.3, -0.25) is 9.69 Å². The largest absolute Gasteiger partial charge is 0.493 e. The maximum Gasteiger partial charge on any atom is 0.255 e. The zero-order chi connectivity index (χ0) is 24.2. The third-order valence-electron chi connectivity index (χ3n) is 7.44. The Labute approximate surface area is 208 Å². The van der Waals surface area contributed by atoms with Crippen LogP contribution >= 0.6 is 0 Å². The number of benzene rings is 1. The predicted molar refractivity (Wildman–Crippen MR) is 139 cm³/mol. The van der Waals surface area contributed by atoms with Crippen molar-refractivity contribution in [2.24, 2.45) is 5.92 Å². The Morgan fingerprint density at radius 2 is 1.66 bits per heavy atom. The number of likely N-dealkylation sites (tertiary alicyclic amines) is 2. The molecule has 4 heterocycles. The monoisotopic (exact) mass is 473 g/mol. The number of hydrogen-bond acceptors (Lipinski definition) is 5. The fraction of sp³-hybridized carbons (Fsp3) is 0.414. The van der Waals surface area contributed by atoms with E-state index in [-0.39, 0.29) is 5.91 Å². The SMILES string of the molecule is COc1ccc(C2=CC(=O)N3C=C(N4CCC(CN5CCCC5)CC4)C=C/C3=C\C=C2)cc1OC. The van der Waals surface area contributed by atoms with E-state index in [4.69, 9.17) is 9.47 Å². The number of ether oxygens (including phenoxy) is 2. The van der Waals surface area contributed by atoms with E-state index in [9.17, 15) is 4.79 Å². The summed E-state index contributed by atoms with van der Waals surface area (Å²) in [6, 6.07) is 5.71. The molecule has 0 radical (unpaired) electrons. The fourth-order valence-electron chi connectivity index (χ4n) is 5.42. The number of methoxy groups -OCH3 is 2. The van der Waals surface area contributed by atoms with Crippen molar-refractivity contribution in [1.82, 2.24) is 14.7 Å². The summed E-state index contributed by atoms with van der Waals surface area (Å²) in [7, 11) is 3.23. The van der Waals surface area contributed by atoms with Gasteiger partial charge in [0.25, 0.3) is 5.91 Å². The van der Waals surface area contributed by atoms with E-state index in [1.54, 1.807) is 25.2 Å². The second-order valence-electron chi connectivity index (χ2n) is 9.65. The summed E-state index contributed by atoms with van der Waals surface area (Å²) >= 11 is 0. The molecule has 0 N–H and O–H groups in total. The highest BCUT2D eigenvalue weighted by Crippen LogP contribution is 2.32. The normalized spacial score (nSPS) is 22.7. The lowest BCUT2D eigenvalue weighted by molar-refractivity contribution is -0.122. The maximum absolute atomic E-state index is 13.4. The van der Waals surface area contributed by atoms with Crippen molar-refractivity contribution in [2.45, 2.75) is 25.7 Å². The van der Waals surface area contributed by atoms with Gasteiger partial charge in [-0.15, -0.1) is 0 Å². The average molecular weight is 474 g/mol. The van der Waals surface area contributed by atoms with Gasteiger partial charge >= 0.3 is 0 Å². The van der Waals surface area contributed by atoms with Crippen molar-refractivity contribution < 1.29 is 14.3 Å². The quantitative estimate of drug-likeness (QED) is 0.605. The van der Waals surface area contributed by atoms with Crippen molar-refractivity contribution >= 4 is 11.5 Å². The molecule has 0 atom stereocenters. The molecule has 4 aliphatic heterocycles. The molecular formula is C29H35N3O3. The molecule has 35 heavy (non-hydrogen) atoms. The van der Waals surface area contributed by atoms with Crippen LogP contribution in [0.4, 0.5) is 0 Å². The number of fused-ring (bicyclic) bond motifs is 1. The topological polar surface area (TPSA) is 45.2 Å². The molecule has 2 saturated heterocycles. The summed E-state index contributed by atoms with van der Waals surface area (Å²) in [6.45, 7) is 5.88. The number of nitrogens with zero attached hydrogens (tertiary/aromatic N) is 3. The highest BCUT2D eigenvalue weighted by Gasteiger charge is 2.26. The summed E-state index contributed by atoms with van der Waals surface area (Å²) in [5.74, 6) is 2.03. The molecule has 4 aliphatic rings. The Hall–Kier alpha value is -3.25. The summed E-state index contributed by atoms with van der Waals surface area (Å²) in [5.41, 5.74) is 3.72. The molecule has 0 spiro atoms. The molecule has 0 unspecified atom stereocenters. The number of amides is 1. The minimum absolute atomic E-state index is 0.0591. The van der Waals surface area contributed by atoms with Crippen LogP contribution in [0, 0.1) is 5.92 Å². The van der Waals surface area contributed by atoms with Crippen LogP contribution in [0.5, 0.6) is 11.5 Å². The Bertz CT molecular complexity index is 1100. The van der Waals surface area contributed by atoms with E-state index in [0.29, 0.717) is 11.5 Å². The van der Waals surface area contributed by atoms with E-state index >= 15 is 0 Å². The molecule has 184 valence electrons. The Kier molecular flexibility index (Phi) is 7.09. The minimum Gasteiger partial charge on any atom is -0.493 e. The molecule has 1 amide bonds. The second kappa shape index (κ2) is 10.6. The van der Waals surface area contributed by atoms with E-state index in [2.05, 4.69) is 15.9 Å². The maximum atomic E-state index is 13.4. The predicted octanol–water partition coefficient (Wildman–Crippen LogP) is 4.59. The molecule has 6 nitrogen and oxygen atoms in total. The van der Waals surface area contributed by atoms with Crippen LogP contribution < -0.4 is 9.47 Å². The van der Waals surface area contributed by atoms with Gasteiger partial charge in [-0.25, -0.2) is 0 Å². The Morgan fingerprint density at radius 1 is 0.914 bits per heavy atom. The van der Waals surface area contributed by atoms with Crippen LogP contribution in [-0.2, 0) is 4.79 Å². The highest BCUT2D eigenvalue weighted by molar-refractivity contribution is 6.00. The van der Waals surface area contributed by atoms with Gasteiger partial charge in [0.15, 0.2) is 11.5 Å². The Morgan fingerprint density at radius 3 is 2.40 bits per heavy atom. The first-order chi connectivity index (χ1) is 17.1. The van der Waals surface area contributed by atoms with Gasteiger partial charge in [0.2, 0.25) is 0 Å². The van der Waals surface area contributed by atoms with Crippen molar-refractivity contribution in [3.8, 4) is 11.5 Å². The first kappa shape index (κ1) is 23.5. The lowest BCUT2D eigenvalue weighted by Gasteiger charge is -2.37. The molecule has 6 heteroatoms. The van der Waals surface area contributed by atoms with Gasteiger partial charge < -0.3 is 19.3 Å². The molecule has 1 aromatic rings. The number of piperidine rings is 1. The van der Waals surface area contributed by atoms with Crippen LogP contribution in [0.1, 0.15) is 31.2 Å². The van der Waals surface area contributed by atoms with Gasteiger partial charge in [0, 0.05) is 37.6 Å². The molecule has 0 aliphatic carbocycles. The second-order valence-corrected chi connectivity index (χ2v) is 9.65. The molecule has 5 rings (SSSR count). The molecular weight excluding hydrogens is 438 g/mol. The van der Waals surface area contributed by atoms with Crippen molar-refractivity contribution in [3.05, 3.63) is 77.8 Å². The van der Waals surface area contributed by atoms with Crippen LogP contribution in [0.2, 0.25) is 0 Å². The van der Waals surface area contributed by atoms with Crippen molar-refractivity contribution in [2.75, 3.05) is 46.9 Å². The standard InChI is InChI=1S/C29H35N3O3/c1-34-27-11-8-24(18-28(27)35-2)23-6-5-7-25-9-10-26(21-32(25)29(33)19-23)31-16-12-22(13-17-31)20-30-14-3-4-15-30/h5-11,18-19,21-22H,3-4,12-17,20H2,1-2H3/b6-5?,23-19?,25-7+. The zero-order valence-electron chi connectivity index (χ0n) is 20.8. The zero-order valence-corrected chi connectivity index (χ0v) is 20.8. The molecule has 0 saturated carbocycles. The number of hydrogen-bond donors (Lipinski definition) is 0. The van der Waals surface area contributed by atoms with Crippen LogP contribution in [0.3, 0.4) is 0 Å². The smallest absolute Gasteiger partial charge is 0.255 e. The molecule has 0 aromatic heterocycles. The minimum atomic E-state index is -0.0591. The van der Waals surface area contributed by atoms with Crippen molar-refractivity contribution in [1.29, 1.82) is 0 Å². The first-order valence-corrected chi connectivity index (χ1v) is 12.7. The number of allylic oxidation sites excluding steroid dienone is 6. The van der Waals surface area contributed by atoms with Gasteiger partial charge in [0.1, 0.15) is 0 Å². The molecule has 2 fully saturated rings. The summed E-state index contributed by atoms with van der Waals surface area (Å²) < 4.78 is 10.8. The third kappa shape index (κ3) is 5.22.